The van der Waals surface area contributed by atoms with E-state index in [1.165, 1.54) is 16.8 Å². The third kappa shape index (κ3) is 4.25. The van der Waals surface area contributed by atoms with Crippen LogP contribution in [0, 0.1) is 0 Å². The number of carbonyl (C=O) groups is 1. The number of amides is 1. The Labute approximate surface area is 171 Å². The van der Waals surface area contributed by atoms with E-state index in [2.05, 4.69) is 15.4 Å². The Morgan fingerprint density at radius 2 is 1.68 bits per heavy atom. The number of carbonyl (C=O) groups excluding carboxylic acids is 1. The minimum atomic E-state index is -4.92. The van der Waals surface area contributed by atoms with Crippen molar-refractivity contribution in [3.63, 3.8) is 0 Å². The van der Waals surface area contributed by atoms with Gasteiger partial charge in [-0.3, -0.25) is 14.5 Å². The Hall–Kier alpha value is -3.37. The molecule has 3 aromatic rings. The molecular formula is C20H14F6N4O. The van der Waals surface area contributed by atoms with E-state index in [0.29, 0.717) is 18.9 Å². The topological polar surface area (TPSA) is 59.8 Å². The van der Waals surface area contributed by atoms with Gasteiger partial charge in [0.1, 0.15) is 11.3 Å². The van der Waals surface area contributed by atoms with Crippen LogP contribution in [-0.4, -0.2) is 20.7 Å². The van der Waals surface area contributed by atoms with E-state index in [1.54, 1.807) is 18.2 Å². The smallest absolute Gasteiger partial charge is 0.320 e. The molecule has 0 aliphatic heterocycles. The van der Waals surface area contributed by atoms with Crippen LogP contribution in [0.2, 0.25) is 0 Å². The van der Waals surface area contributed by atoms with Gasteiger partial charge in [-0.25, -0.2) is 0 Å². The van der Waals surface area contributed by atoms with Crippen molar-refractivity contribution in [3.8, 4) is 11.3 Å². The molecule has 0 saturated heterocycles. The van der Waals surface area contributed by atoms with Gasteiger partial charge in [0.25, 0.3) is 5.91 Å². The van der Waals surface area contributed by atoms with Crippen molar-refractivity contribution < 1.29 is 31.1 Å². The minimum Gasteiger partial charge on any atom is -0.320 e. The van der Waals surface area contributed by atoms with Crippen LogP contribution in [0.1, 0.15) is 40.6 Å². The number of hydrogen-bond acceptors (Lipinski definition) is 3. The first-order valence-corrected chi connectivity index (χ1v) is 9.15. The highest BCUT2D eigenvalue weighted by Crippen LogP contribution is 2.45. The van der Waals surface area contributed by atoms with E-state index in [9.17, 15) is 31.1 Å². The fraction of sp³-hybridized carbons (Fsp3) is 0.250. The molecule has 1 aromatic carbocycles. The molecule has 1 fully saturated rings. The molecule has 5 nitrogen and oxygen atoms in total. The first-order chi connectivity index (χ1) is 14.6. The molecule has 11 heteroatoms. The molecule has 0 radical (unpaired) electrons. The second-order valence-corrected chi connectivity index (χ2v) is 6.99. The summed E-state index contributed by atoms with van der Waals surface area (Å²) in [6.07, 6.45) is -7.66. The number of rotatable bonds is 4. The number of nitrogens with one attached hydrogen (secondary N) is 1. The lowest BCUT2D eigenvalue weighted by Crippen LogP contribution is -2.19. The maximum absolute atomic E-state index is 14.0. The van der Waals surface area contributed by atoms with Gasteiger partial charge in [0.2, 0.25) is 0 Å². The maximum Gasteiger partial charge on any atom is 0.433 e. The van der Waals surface area contributed by atoms with Gasteiger partial charge in [-0.1, -0.05) is 30.3 Å². The summed E-state index contributed by atoms with van der Waals surface area (Å²) in [4.78, 5) is 15.9. The second kappa shape index (κ2) is 7.40. The summed E-state index contributed by atoms with van der Waals surface area (Å²) in [5, 5.41) is 6.01. The van der Waals surface area contributed by atoms with Gasteiger partial charge in [-0.2, -0.15) is 31.4 Å². The second-order valence-electron chi connectivity index (χ2n) is 6.99. The first-order valence-electron chi connectivity index (χ1n) is 9.15. The number of benzene rings is 1. The highest BCUT2D eigenvalue weighted by Gasteiger charge is 2.44. The van der Waals surface area contributed by atoms with Gasteiger partial charge in [-0.05, 0) is 25.0 Å². The van der Waals surface area contributed by atoms with E-state index in [-0.39, 0.29) is 23.0 Å². The Balaban J connectivity index is 1.79. The molecule has 0 unspecified atom stereocenters. The van der Waals surface area contributed by atoms with Crippen LogP contribution in [0.25, 0.3) is 11.3 Å². The van der Waals surface area contributed by atoms with Gasteiger partial charge in [0.15, 0.2) is 5.69 Å². The van der Waals surface area contributed by atoms with Crippen LogP contribution in [-0.2, 0) is 12.4 Å². The highest BCUT2D eigenvalue weighted by molar-refractivity contribution is 6.05. The zero-order valence-corrected chi connectivity index (χ0v) is 15.6. The summed E-state index contributed by atoms with van der Waals surface area (Å²) in [6, 6.07) is 9.04. The molecule has 31 heavy (non-hydrogen) atoms. The molecule has 162 valence electrons. The van der Waals surface area contributed by atoms with E-state index in [4.69, 9.17) is 0 Å². The minimum absolute atomic E-state index is 0.233. The number of halogens is 6. The highest BCUT2D eigenvalue weighted by atomic mass is 19.4. The molecule has 1 aliphatic carbocycles. The Morgan fingerprint density at radius 3 is 2.26 bits per heavy atom. The zero-order chi connectivity index (χ0) is 22.4. The molecule has 0 spiro atoms. The standard InChI is InChI=1S/C20H14F6N4O/c21-19(22,23)14-10-12(8-9-27-14)28-18(31)16-15(20(24,25)26)17(11-4-2-1-3-5-11)30(29-16)13-6-7-13/h1-5,8-10,13H,6-7H2,(H,27,28,31). The van der Waals surface area contributed by atoms with E-state index in [0.717, 1.165) is 12.3 Å². The summed E-state index contributed by atoms with van der Waals surface area (Å²) in [5.41, 5.74) is -3.77. The van der Waals surface area contributed by atoms with Crippen molar-refractivity contribution in [2.45, 2.75) is 31.2 Å². The van der Waals surface area contributed by atoms with Crippen molar-refractivity contribution in [1.29, 1.82) is 0 Å². The quantitative estimate of drug-likeness (QED) is 0.540. The van der Waals surface area contributed by atoms with Gasteiger partial charge in [0.05, 0.1) is 11.7 Å². The zero-order valence-electron chi connectivity index (χ0n) is 15.6. The predicted molar refractivity (Wildman–Crippen MR) is 98.1 cm³/mol. The van der Waals surface area contributed by atoms with Crippen LogP contribution in [0.5, 0.6) is 0 Å². The molecule has 0 atom stereocenters. The number of hydrogen-bond donors (Lipinski definition) is 1. The largest absolute Gasteiger partial charge is 0.433 e. The van der Waals surface area contributed by atoms with E-state index in [1.807, 2.05) is 0 Å². The van der Waals surface area contributed by atoms with Gasteiger partial charge in [0, 0.05) is 17.4 Å². The maximum atomic E-state index is 14.0. The lowest BCUT2D eigenvalue weighted by atomic mass is 10.0. The third-order valence-corrected chi connectivity index (χ3v) is 4.66. The lowest BCUT2D eigenvalue weighted by molar-refractivity contribution is -0.141. The van der Waals surface area contributed by atoms with Crippen LogP contribution in [0.15, 0.2) is 48.7 Å². The number of anilines is 1. The monoisotopic (exact) mass is 440 g/mol. The van der Waals surface area contributed by atoms with Crippen molar-refractivity contribution in [3.05, 3.63) is 65.6 Å². The average Bonchev–Trinajstić information content (AvgIpc) is 3.46. The number of alkyl halides is 6. The molecule has 4 rings (SSSR count). The summed E-state index contributed by atoms with van der Waals surface area (Å²) in [6.45, 7) is 0. The average molecular weight is 440 g/mol. The van der Waals surface area contributed by atoms with Crippen molar-refractivity contribution in [2.24, 2.45) is 0 Å². The number of aromatic nitrogens is 3. The third-order valence-electron chi connectivity index (χ3n) is 4.66. The molecular weight excluding hydrogens is 426 g/mol. The van der Waals surface area contributed by atoms with E-state index < -0.39 is 35.2 Å². The van der Waals surface area contributed by atoms with E-state index >= 15 is 0 Å². The van der Waals surface area contributed by atoms with Crippen molar-refractivity contribution >= 4 is 11.6 Å². The summed E-state index contributed by atoms with van der Waals surface area (Å²) in [5.74, 6) is -1.26. The summed E-state index contributed by atoms with van der Waals surface area (Å²) in [7, 11) is 0. The lowest BCUT2D eigenvalue weighted by Gasteiger charge is -2.12. The van der Waals surface area contributed by atoms with Crippen LogP contribution >= 0.6 is 0 Å². The SMILES string of the molecule is O=C(Nc1ccnc(C(F)(F)F)c1)c1nn(C2CC2)c(-c2ccccc2)c1C(F)(F)F. The Kier molecular flexibility index (Phi) is 4.98. The van der Waals surface area contributed by atoms with Crippen molar-refractivity contribution in [1.82, 2.24) is 14.8 Å². The number of nitrogens with zero attached hydrogens (tertiary/aromatic N) is 3. The first kappa shape index (κ1) is 20.9. The van der Waals surface area contributed by atoms with Gasteiger partial charge in [-0.15, -0.1) is 0 Å². The Morgan fingerprint density at radius 1 is 1.00 bits per heavy atom. The molecule has 2 aromatic heterocycles. The predicted octanol–water partition coefficient (Wildman–Crippen LogP) is 5.57. The number of pyridine rings is 1. The molecule has 2 heterocycles. The fourth-order valence-electron chi connectivity index (χ4n) is 3.17. The molecule has 1 aliphatic rings. The van der Waals surface area contributed by atoms with Crippen LogP contribution in [0.3, 0.4) is 0 Å². The van der Waals surface area contributed by atoms with Crippen LogP contribution < -0.4 is 5.32 Å². The fourth-order valence-corrected chi connectivity index (χ4v) is 3.17. The molecule has 1 saturated carbocycles. The molecule has 1 N–H and O–H groups in total. The Bertz CT molecular complexity index is 1120. The normalized spacial score (nSPS) is 14.5. The van der Waals surface area contributed by atoms with Gasteiger partial charge >= 0.3 is 12.4 Å². The summed E-state index contributed by atoms with van der Waals surface area (Å²) < 4.78 is 81.8. The van der Waals surface area contributed by atoms with Crippen LogP contribution in [0.4, 0.5) is 32.0 Å². The molecule has 1 amide bonds. The summed E-state index contributed by atoms with van der Waals surface area (Å²) >= 11 is 0. The molecule has 0 bridgehead atoms. The van der Waals surface area contributed by atoms with Crippen molar-refractivity contribution in [2.75, 3.05) is 5.32 Å². The van der Waals surface area contributed by atoms with Gasteiger partial charge < -0.3 is 5.32 Å².